The van der Waals surface area contributed by atoms with Crippen molar-refractivity contribution in [3.8, 4) is 0 Å². The molecule has 110 valence electrons. The molecule has 2 N–H and O–H groups in total. The van der Waals surface area contributed by atoms with Crippen molar-refractivity contribution < 1.29 is 18.7 Å². The third-order valence-electron chi connectivity index (χ3n) is 3.20. The first-order chi connectivity index (χ1) is 9.99. The van der Waals surface area contributed by atoms with E-state index in [2.05, 4.69) is 5.32 Å². The second-order valence-electron chi connectivity index (χ2n) is 4.75. The average Bonchev–Trinajstić information content (AvgIpc) is 2.44. The molecule has 0 saturated heterocycles. The van der Waals surface area contributed by atoms with Crippen molar-refractivity contribution in [2.45, 2.75) is 19.9 Å². The number of rotatable bonds is 5. The van der Waals surface area contributed by atoms with E-state index in [1.807, 2.05) is 0 Å². The normalized spacial score (nSPS) is 10.4. The zero-order chi connectivity index (χ0) is 15.4. The summed E-state index contributed by atoms with van der Waals surface area (Å²) >= 11 is 0. The predicted octanol–water partition coefficient (Wildman–Crippen LogP) is 3.51. The highest BCUT2D eigenvalue weighted by molar-refractivity contribution is 5.70. The first-order valence-corrected chi connectivity index (χ1v) is 6.46. The summed E-state index contributed by atoms with van der Waals surface area (Å²) in [6.07, 6.45) is -0.128. The molecule has 0 heterocycles. The molecule has 0 spiro atoms. The lowest BCUT2D eigenvalue weighted by atomic mass is 10.0. The number of hydrogen-bond donors (Lipinski definition) is 2. The summed E-state index contributed by atoms with van der Waals surface area (Å²) in [4.78, 5) is 10.8. The molecule has 0 aromatic heterocycles. The number of anilines is 1. The standard InChI is InChI=1S/C16H15F2NO2/c1-10-6-7-13(17)16(15(10)18)19-9-12-5-3-2-4-11(12)8-14(20)21/h2-7,19H,8-9H2,1H3,(H,20,21). The van der Waals surface area contributed by atoms with E-state index >= 15 is 0 Å². The van der Waals surface area contributed by atoms with Crippen molar-refractivity contribution in [3.63, 3.8) is 0 Å². The molecule has 2 aromatic carbocycles. The number of benzene rings is 2. The van der Waals surface area contributed by atoms with Crippen molar-refractivity contribution in [2.24, 2.45) is 0 Å². The highest BCUT2D eigenvalue weighted by Gasteiger charge is 2.12. The minimum absolute atomic E-state index is 0.128. The molecule has 5 heteroatoms. The molecule has 21 heavy (non-hydrogen) atoms. The largest absolute Gasteiger partial charge is 0.481 e. The Morgan fingerprint density at radius 3 is 2.48 bits per heavy atom. The molecular formula is C16H15F2NO2. The Morgan fingerprint density at radius 2 is 1.81 bits per heavy atom. The van der Waals surface area contributed by atoms with Gasteiger partial charge in [0.25, 0.3) is 0 Å². The second kappa shape index (κ2) is 6.35. The third-order valence-corrected chi connectivity index (χ3v) is 3.20. The van der Waals surface area contributed by atoms with E-state index in [-0.39, 0.29) is 18.7 Å². The van der Waals surface area contributed by atoms with Crippen LogP contribution in [0.4, 0.5) is 14.5 Å². The monoisotopic (exact) mass is 291 g/mol. The lowest BCUT2D eigenvalue weighted by Gasteiger charge is -2.12. The number of nitrogens with one attached hydrogen (secondary N) is 1. The summed E-state index contributed by atoms with van der Waals surface area (Å²) in [7, 11) is 0. The summed E-state index contributed by atoms with van der Waals surface area (Å²) in [5.41, 5.74) is 1.46. The Morgan fingerprint density at radius 1 is 1.14 bits per heavy atom. The lowest BCUT2D eigenvalue weighted by molar-refractivity contribution is -0.136. The molecule has 3 nitrogen and oxygen atoms in total. The first-order valence-electron chi connectivity index (χ1n) is 6.46. The van der Waals surface area contributed by atoms with Crippen LogP contribution in [0.3, 0.4) is 0 Å². The third kappa shape index (κ3) is 3.56. The molecule has 0 aliphatic heterocycles. The highest BCUT2D eigenvalue weighted by Crippen LogP contribution is 2.23. The van der Waals surface area contributed by atoms with E-state index in [1.165, 1.54) is 12.1 Å². The van der Waals surface area contributed by atoms with Crippen molar-refractivity contribution in [1.29, 1.82) is 0 Å². The maximum Gasteiger partial charge on any atom is 0.307 e. The summed E-state index contributed by atoms with van der Waals surface area (Å²) in [5, 5.41) is 11.6. The van der Waals surface area contributed by atoms with Crippen LogP contribution in [-0.4, -0.2) is 11.1 Å². The smallest absolute Gasteiger partial charge is 0.307 e. The van der Waals surface area contributed by atoms with Gasteiger partial charge < -0.3 is 10.4 Å². The van der Waals surface area contributed by atoms with Crippen LogP contribution in [0, 0.1) is 18.6 Å². The van der Waals surface area contributed by atoms with Gasteiger partial charge in [0.1, 0.15) is 11.5 Å². The van der Waals surface area contributed by atoms with Crippen LogP contribution in [0.5, 0.6) is 0 Å². The quantitative estimate of drug-likeness (QED) is 0.886. The zero-order valence-electron chi connectivity index (χ0n) is 11.5. The van der Waals surface area contributed by atoms with Gasteiger partial charge in [0.05, 0.1) is 6.42 Å². The van der Waals surface area contributed by atoms with E-state index in [0.29, 0.717) is 16.7 Å². The van der Waals surface area contributed by atoms with Gasteiger partial charge in [0.15, 0.2) is 5.82 Å². The molecule has 0 fully saturated rings. The van der Waals surface area contributed by atoms with Gasteiger partial charge in [0.2, 0.25) is 0 Å². The number of hydrogen-bond acceptors (Lipinski definition) is 2. The molecule has 0 bridgehead atoms. The van der Waals surface area contributed by atoms with Gasteiger partial charge in [-0.3, -0.25) is 4.79 Å². The fraction of sp³-hybridized carbons (Fsp3) is 0.188. The Kier molecular flexibility index (Phi) is 4.52. The maximum atomic E-state index is 13.9. The molecule has 0 amide bonds. The molecular weight excluding hydrogens is 276 g/mol. The van der Waals surface area contributed by atoms with E-state index < -0.39 is 17.6 Å². The van der Waals surface area contributed by atoms with E-state index in [1.54, 1.807) is 31.2 Å². The summed E-state index contributed by atoms with van der Waals surface area (Å²) in [6, 6.07) is 9.48. The van der Waals surface area contributed by atoms with Gasteiger partial charge in [-0.05, 0) is 29.7 Å². The summed E-state index contributed by atoms with van der Waals surface area (Å²) < 4.78 is 27.5. The van der Waals surface area contributed by atoms with Crippen molar-refractivity contribution >= 4 is 11.7 Å². The Hall–Kier alpha value is -2.43. The number of aliphatic carboxylic acids is 1. The maximum absolute atomic E-state index is 13.9. The van der Waals surface area contributed by atoms with Gasteiger partial charge in [0, 0.05) is 6.54 Å². The summed E-state index contributed by atoms with van der Waals surface area (Å²) in [6.45, 7) is 1.71. The molecule has 0 saturated carbocycles. The fourth-order valence-electron chi connectivity index (χ4n) is 2.07. The predicted molar refractivity (Wildman–Crippen MR) is 76.2 cm³/mol. The van der Waals surface area contributed by atoms with Gasteiger partial charge in [-0.2, -0.15) is 0 Å². The van der Waals surface area contributed by atoms with Gasteiger partial charge in [-0.1, -0.05) is 30.3 Å². The first kappa shape index (κ1) is 15.0. The average molecular weight is 291 g/mol. The molecule has 0 unspecified atom stereocenters. The SMILES string of the molecule is Cc1ccc(F)c(NCc2ccccc2CC(=O)O)c1F. The number of carboxylic acid groups (broad SMARTS) is 1. The minimum atomic E-state index is -0.949. The van der Waals surface area contributed by atoms with Crippen LogP contribution in [0.25, 0.3) is 0 Å². The van der Waals surface area contributed by atoms with Gasteiger partial charge in [-0.15, -0.1) is 0 Å². The van der Waals surface area contributed by atoms with Crippen LogP contribution >= 0.6 is 0 Å². The van der Waals surface area contributed by atoms with Crippen molar-refractivity contribution in [3.05, 3.63) is 64.7 Å². The zero-order valence-corrected chi connectivity index (χ0v) is 11.5. The number of aryl methyl sites for hydroxylation is 1. The van der Waals surface area contributed by atoms with E-state index in [4.69, 9.17) is 5.11 Å². The highest BCUT2D eigenvalue weighted by atomic mass is 19.1. The van der Waals surface area contributed by atoms with Crippen LogP contribution in [-0.2, 0) is 17.8 Å². The second-order valence-corrected chi connectivity index (χ2v) is 4.75. The fourth-order valence-corrected chi connectivity index (χ4v) is 2.07. The van der Waals surface area contributed by atoms with Crippen molar-refractivity contribution in [1.82, 2.24) is 0 Å². The number of halogens is 2. The lowest BCUT2D eigenvalue weighted by Crippen LogP contribution is -2.09. The molecule has 2 aromatic rings. The van der Waals surface area contributed by atoms with Crippen LogP contribution in [0.2, 0.25) is 0 Å². The Labute approximate surface area is 121 Å². The van der Waals surface area contributed by atoms with E-state index in [9.17, 15) is 13.6 Å². The molecule has 0 aliphatic carbocycles. The van der Waals surface area contributed by atoms with E-state index in [0.717, 1.165) is 0 Å². The molecule has 0 atom stereocenters. The number of carboxylic acids is 1. The van der Waals surface area contributed by atoms with Crippen LogP contribution < -0.4 is 5.32 Å². The summed E-state index contributed by atoms with van der Waals surface area (Å²) in [5.74, 6) is -2.25. The minimum Gasteiger partial charge on any atom is -0.481 e. The Balaban J connectivity index is 2.21. The van der Waals surface area contributed by atoms with Crippen LogP contribution in [0.1, 0.15) is 16.7 Å². The molecule has 0 radical (unpaired) electrons. The topological polar surface area (TPSA) is 49.3 Å². The van der Waals surface area contributed by atoms with Crippen LogP contribution in [0.15, 0.2) is 36.4 Å². The Bertz CT molecular complexity index is 671. The van der Waals surface area contributed by atoms with Gasteiger partial charge in [-0.25, -0.2) is 8.78 Å². The molecule has 0 aliphatic rings. The van der Waals surface area contributed by atoms with Gasteiger partial charge >= 0.3 is 5.97 Å². The number of carbonyl (C=O) groups is 1. The van der Waals surface area contributed by atoms with Crippen molar-refractivity contribution in [2.75, 3.05) is 5.32 Å². The molecule has 2 rings (SSSR count).